The Morgan fingerprint density at radius 1 is 1.62 bits per heavy atom. The molecule has 0 amide bonds. The van der Waals surface area contributed by atoms with Crippen LogP contribution in [0.4, 0.5) is 0 Å². The van der Waals surface area contributed by atoms with Crippen LogP contribution in [0.5, 0.6) is 0 Å². The largest absolute Gasteiger partial charge is 0.478 e. The zero-order chi connectivity index (χ0) is 7.15. The molecule has 0 aliphatic carbocycles. The molecule has 0 unspecified atom stereocenters. The third-order valence-corrected chi connectivity index (χ3v) is 0.365. The summed E-state index contributed by atoms with van der Waals surface area (Å²) < 4.78 is 0. The maximum Gasteiger partial charge on any atom is 0.330 e. The summed E-state index contributed by atoms with van der Waals surface area (Å²) in [4.78, 5) is 9.60. The molecule has 0 heterocycles. The number of carbonyl (C=O) groups is 1. The van der Waals surface area contributed by atoms with Crippen LogP contribution < -0.4 is 11.7 Å². The highest BCUT2D eigenvalue weighted by atomic mass is 16.4. The van der Waals surface area contributed by atoms with Crippen molar-refractivity contribution in [2.45, 2.75) is 6.92 Å². The minimum absolute atomic E-state index is 0.176. The molecule has 48 valence electrons. The Bertz CT molecular complexity index is 78.0. The summed E-state index contributed by atoms with van der Waals surface area (Å²) in [5.74, 6) is 7.06. The van der Waals surface area contributed by atoms with Crippen LogP contribution in [0.25, 0.3) is 0 Å². The molecule has 0 radical (unpaired) electrons. The number of hydrogen-bond acceptors (Lipinski definition) is 3. The molecule has 0 aromatic rings. The van der Waals surface area contributed by atoms with Gasteiger partial charge in [-0.2, -0.15) is 0 Å². The molecule has 0 spiro atoms. The quantitative estimate of drug-likeness (QED) is 0.245. The van der Waals surface area contributed by atoms with Crippen LogP contribution in [-0.4, -0.2) is 11.1 Å². The topological polar surface area (TPSA) is 89.3 Å². The maximum atomic E-state index is 9.60. The Kier molecular flexibility index (Phi) is 7.80. The Labute approximate surface area is 47.8 Å². The summed E-state index contributed by atoms with van der Waals surface area (Å²) in [7, 11) is 0. The van der Waals surface area contributed by atoms with Gasteiger partial charge in [-0.15, -0.1) is 0 Å². The third-order valence-electron chi connectivity index (χ3n) is 0.365. The van der Waals surface area contributed by atoms with Gasteiger partial charge in [0.05, 0.1) is 0 Å². The van der Waals surface area contributed by atoms with Gasteiger partial charge < -0.3 is 5.11 Å². The molecule has 0 aliphatic heterocycles. The number of hydrogen-bond donors (Lipinski definition) is 3. The SMILES string of the molecule is C=C(C)C(=O)O.NN. The number of rotatable bonds is 1. The van der Waals surface area contributed by atoms with Crippen LogP contribution in [-0.2, 0) is 4.79 Å². The fourth-order valence-electron chi connectivity index (χ4n) is 0. The van der Waals surface area contributed by atoms with Crippen molar-refractivity contribution in [1.29, 1.82) is 0 Å². The van der Waals surface area contributed by atoms with E-state index in [-0.39, 0.29) is 5.57 Å². The average Bonchev–Trinajstić information content (AvgIpc) is 1.72. The fourth-order valence-corrected chi connectivity index (χ4v) is 0. The van der Waals surface area contributed by atoms with Crippen molar-refractivity contribution in [3.63, 3.8) is 0 Å². The fraction of sp³-hybridized carbons (Fsp3) is 0.250. The van der Waals surface area contributed by atoms with E-state index in [2.05, 4.69) is 18.3 Å². The van der Waals surface area contributed by atoms with Crippen LogP contribution in [0, 0.1) is 0 Å². The van der Waals surface area contributed by atoms with Gasteiger partial charge in [-0.25, -0.2) is 4.79 Å². The first-order valence-electron chi connectivity index (χ1n) is 1.86. The Morgan fingerprint density at radius 2 is 1.75 bits per heavy atom. The molecular formula is C4H10N2O2. The third kappa shape index (κ3) is 8.93. The minimum atomic E-state index is -0.935. The number of aliphatic carboxylic acids is 1. The first-order valence-corrected chi connectivity index (χ1v) is 1.86. The van der Waals surface area contributed by atoms with Gasteiger partial charge in [0.15, 0.2) is 0 Å². The van der Waals surface area contributed by atoms with E-state index in [0.29, 0.717) is 0 Å². The number of carboxylic acids is 1. The van der Waals surface area contributed by atoms with E-state index in [1.54, 1.807) is 0 Å². The highest BCUT2D eigenvalue weighted by Crippen LogP contribution is 1.81. The number of carboxylic acid groups (broad SMARTS) is 1. The Balaban J connectivity index is 0. The van der Waals surface area contributed by atoms with Crippen LogP contribution in [0.1, 0.15) is 6.92 Å². The Morgan fingerprint density at radius 3 is 1.75 bits per heavy atom. The smallest absolute Gasteiger partial charge is 0.330 e. The second-order valence-electron chi connectivity index (χ2n) is 1.09. The van der Waals surface area contributed by atoms with E-state index < -0.39 is 5.97 Å². The van der Waals surface area contributed by atoms with Crippen LogP contribution in [0.2, 0.25) is 0 Å². The average molecular weight is 118 g/mol. The van der Waals surface area contributed by atoms with Gasteiger partial charge in [-0.3, -0.25) is 11.7 Å². The summed E-state index contributed by atoms with van der Waals surface area (Å²) in [5, 5.41) is 7.89. The molecule has 0 aliphatic rings. The standard InChI is InChI=1S/C4H6O2.H4N2/c1-3(2)4(5)6;1-2/h1H2,2H3,(H,5,6);1-2H2. The molecule has 0 aromatic carbocycles. The lowest BCUT2D eigenvalue weighted by Crippen LogP contribution is -2.02. The first-order chi connectivity index (χ1) is 3.64. The molecule has 0 bridgehead atoms. The number of hydrazine groups is 1. The van der Waals surface area contributed by atoms with Gasteiger partial charge >= 0.3 is 5.97 Å². The number of nitrogens with two attached hydrogens (primary N) is 2. The van der Waals surface area contributed by atoms with E-state index in [9.17, 15) is 4.79 Å². The van der Waals surface area contributed by atoms with Crippen molar-refractivity contribution in [3.8, 4) is 0 Å². The van der Waals surface area contributed by atoms with Crippen molar-refractivity contribution < 1.29 is 9.90 Å². The van der Waals surface area contributed by atoms with Crippen molar-refractivity contribution in [3.05, 3.63) is 12.2 Å². The lowest BCUT2D eigenvalue weighted by molar-refractivity contribution is -0.132. The lowest BCUT2D eigenvalue weighted by Gasteiger charge is -1.79. The van der Waals surface area contributed by atoms with Crippen LogP contribution in [0.3, 0.4) is 0 Å². The van der Waals surface area contributed by atoms with Gasteiger partial charge in [0.25, 0.3) is 0 Å². The molecule has 5 N–H and O–H groups in total. The van der Waals surface area contributed by atoms with Crippen molar-refractivity contribution in [1.82, 2.24) is 0 Å². The Hall–Kier alpha value is -0.870. The van der Waals surface area contributed by atoms with E-state index in [4.69, 9.17) is 5.11 Å². The zero-order valence-corrected chi connectivity index (χ0v) is 4.72. The summed E-state index contributed by atoms with van der Waals surface area (Å²) in [6.45, 7) is 4.60. The van der Waals surface area contributed by atoms with E-state index >= 15 is 0 Å². The van der Waals surface area contributed by atoms with E-state index in [0.717, 1.165) is 0 Å². The summed E-state index contributed by atoms with van der Waals surface area (Å²) in [6, 6.07) is 0. The highest BCUT2D eigenvalue weighted by Gasteiger charge is 1.90. The summed E-state index contributed by atoms with van der Waals surface area (Å²) in [6.07, 6.45) is 0. The summed E-state index contributed by atoms with van der Waals surface area (Å²) >= 11 is 0. The van der Waals surface area contributed by atoms with Gasteiger partial charge in [0, 0.05) is 5.57 Å². The van der Waals surface area contributed by atoms with Crippen LogP contribution in [0.15, 0.2) is 12.2 Å². The van der Waals surface area contributed by atoms with Gasteiger partial charge in [0.2, 0.25) is 0 Å². The zero-order valence-electron chi connectivity index (χ0n) is 4.72. The predicted molar refractivity (Wildman–Crippen MR) is 30.8 cm³/mol. The van der Waals surface area contributed by atoms with Crippen LogP contribution >= 0.6 is 0 Å². The maximum absolute atomic E-state index is 9.60. The minimum Gasteiger partial charge on any atom is -0.478 e. The summed E-state index contributed by atoms with van der Waals surface area (Å²) in [5.41, 5.74) is 0.176. The molecule has 0 rings (SSSR count). The van der Waals surface area contributed by atoms with E-state index in [1.807, 2.05) is 0 Å². The monoisotopic (exact) mass is 118 g/mol. The normalized spacial score (nSPS) is 6.38. The molecule has 0 aromatic heterocycles. The molecule has 0 saturated carbocycles. The molecule has 0 fully saturated rings. The molecule has 4 heteroatoms. The van der Waals surface area contributed by atoms with Gasteiger partial charge in [0.1, 0.15) is 0 Å². The van der Waals surface area contributed by atoms with Gasteiger partial charge in [-0.05, 0) is 6.92 Å². The van der Waals surface area contributed by atoms with Crippen molar-refractivity contribution in [2.24, 2.45) is 11.7 Å². The molecule has 8 heavy (non-hydrogen) atoms. The van der Waals surface area contributed by atoms with E-state index in [1.165, 1.54) is 6.92 Å². The van der Waals surface area contributed by atoms with Crippen molar-refractivity contribution >= 4 is 5.97 Å². The highest BCUT2D eigenvalue weighted by molar-refractivity contribution is 5.84. The second kappa shape index (κ2) is 6.13. The molecule has 0 saturated heterocycles. The molecule has 0 atom stereocenters. The second-order valence-corrected chi connectivity index (χ2v) is 1.09. The predicted octanol–water partition coefficient (Wildman–Crippen LogP) is -0.534. The molecular weight excluding hydrogens is 108 g/mol. The van der Waals surface area contributed by atoms with Crippen molar-refractivity contribution in [2.75, 3.05) is 0 Å². The first kappa shape index (κ1) is 10.2. The molecule has 4 nitrogen and oxygen atoms in total. The van der Waals surface area contributed by atoms with Gasteiger partial charge in [-0.1, -0.05) is 6.58 Å². The lowest BCUT2D eigenvalue weighted by atomic mass is 10.4.